The standard InChI is InChI=1S/C26H26BrN3O3/c1-3-18(2)20-7-9-23(10-8-20)32-17-24-11-12-25(33-24)26(31)29-22-6-4-5-19(13-22)15-30-16-21(27)14-28-30/h4-14,16,18H,3,15,17H2,1-2H3,(H,29,31). The second-order valence-electron chi connectivity index (χ2n) is 7.94. The third-order valence-electron chi connectivity index (χ3n) is 5.46. The fourth-order valence-electron chi connectivity index (χ4n) is 3.41. The lowest BCUT2D eigenvalue weighted by Gasteiger charge is -2.10. The van der Waals surface area contributed by atoms with Crippen LogP contribution in [0.2, 0.25) is 0 Å². The zero-order valence-corrected chi connectivity index (χ0v) is 20.2. The molecule has 2 aromatic heterocycles. The van der Waals surface area contributed by atoms with Crippen LogP contribution in [0, 0.1) is 0 Å². The zero-order valence-electron chi connectivity index (χ0n) is 18.6. The second-order valence-corrected chi connectivity index (χ2v) is 8.86. The first kappa shape index (κ1) is 22.9. The van der Waals surface area contributed by atoms with Crippen LogP contribution in [-0.2, 0) is 13.2 Å². The lowest BCUT2D eigenvalue weighted by atomic mass is 9.99. The van der Waals surface area contributed by atoms with Gasteiger partial charge in [0.1, 0.15) is 18.1 Å². The maximum atomic E-state index is 12.6. The molecule has 0 aliphatic carbocycles. The molecule has 0 spiro atoms. The van der Waals surface area contributed by atoms with E-state index in [4.69, 9.17) is 9.15 Å². The number of nitrogens with zero attached hydrogens (tertiary/aromatic N) is 2. The van der Waals surface area contributed by atoms with Gasteiger partial charge in [-0.3, -0.25) is 9.48 Å². The maximum Gasteiger partial charge on any atom is 0.291 e. The predicted octanol–water partition coefficient (Wildman–Crippen LogP) is 6.63. The van der Waals surface area contributed by atoms with E-state index in [-0.39, 0.29) is 18.3 Å². The van der Waals surface area contributed by atoms with E-state index in [0.29, 0.717) is 23.9 Å². The Kier molecular flexibility index (Phi) is 7.29. The van der Waals surface area contributed by atoms with Gasteiger partial charge in [0.25, 0.3) is 5.91 Å². The van der Waals surface area contributed by atoms with Gasteiger partial charge in [0.15, 0.2) is 5.76 Å². The number of nitrogens with one attached hydrogen (secondary N) is 1. The number of hydrogen-bond donors (Lipinski definition) is 1. The van der Waals surface area contributed by atoms with Gasteiger partial charge in [-0.25, -0.2) is 0 Å². The van der Waals surface area contributed by atoms with Crippen LogP contribution in [0.1, 0.15) is 53.6 Å². The Morgan fingerprint density at radius 3 is 2.73 bits per heavy atom. The van der Waals surface area contributed by atoms with E-state index in [9.17, 15) is 4.79 Å². The molecule has 33 heavy (non-hydrogen) atoms. The Morgan fingerprint density at radius 2 is 2.00 bits per heavy atom. The number of anilines is 1. The van der Waals surface area contributed by atoms with E-state index < -0.39 is 0 Å². The monoisotopic (exact) mass is 507 g/mol. The van der Waals surface area contributed by atoms with E-state index in [0.717, 1.165) is 22.2 Å². The van der Waals surface area contributed by atoms with Gasteiger partial charge in [-0.15, -0.1) is 0 Å². The molecule has 4 aromatic rings. The van der Waals surface area contributed by atoms with Gasteiger partial charge in [-0.2, -0.15) is 5.10 Å². The Labute approximate surface area is 201 Å². The highest BCUT2D eigenvalue weighted by molar-refractivity contribution is 9.10. The molecule has 6 nitrogen and oxygen atoms in total. The van der Waals surface area contributed by atoms with Crippen LogP contribution >= 0.6 is 15.9 Å². The van der Waals surface area contributed by atoms with Crippen molar-refractivity contribution in [3.8, 4) is 5.75 Å². The molecular weight excluding hydrogens is 482 g/mol. The van der Waals surface area contributed by atoms with Gasteiger partial charge < -0.3 is 14.5 Å². The second kappa shape index (κ2) is 10.5. The number of hydrogen-bond acceptors (Lipinski definition) is 4. The van der Waals surface area contributed by atoms with Crippen molar-refractivity contribution < 1.29 is 13.9 Å². The van der Waals surface area contributed by atoms with Crippen LogP contribution in [0.25, 0.3) is 0 Å². The van der Waals surface area contributed by atoms with Crippen molar-refractivity contribution in [1.82, 2.24) is 9.78 Å². The lowest BCUT2D eigenvalue weighted by molar-refractivity contribution is 0.0992. The molecule has 0 saturated heterocycles. The molecule has 0 aliphatic heterocycles. The van der Waals surface area contributed by atoms with Gasteiger partial charge in [0, 0.05) is 11.9 Å². The third kappa shape index (κ3) is 6.14. The SMILES string of the molecule is CCC(C)c1ccc(OCc2ccc(C(=O)Nc3cccc(Cn4cc(Br)cn4)c3)o2)cc1. The normalized spacial score (nSPS) is 11.8. The van der Waals surface area contributed by atoms with Gasteiger partial charge in [-0.1, -0.05) is 38.1 Å². The molecule has 1 N–H and O–H groups in total. The molecule has 2 aromatic carbocycles. The average Bonchev–Trinajstić information content (AvgIpc) is 3.47. The van der Waals surface area contributed by atoms with Crippen molar-refractivity contribution in [2.45, 2.75) is 39.3 Å². The summed E-state index contributed by atoms with van der Waals surface area (Å²) < 4.78 is 14.2. The van der Waals surface area contributed by atoms with Crippen molar-refractivity contribution in [3.63, 3.8) is 0 Å². The number of ether oxygens (including phenoxy) is 1. The summed E-state index contributed by atoms with van der Waals surface area (Å²) in [5, 5.41) is 7.15. The summed E-state index contributed by atoms with van der Waals surface area (Å²) >= 11 is 3.40. The molecule has 0 radical (unpaired) electrons. The van der Waals surface area contributed by atoms with Crippen molar-refractivity contribution in [2.75, 3.05) is 5.32 Å². The summed E-state index contributed by atoms with van der Waals surface area (Å²) in [4.78, 5) is 12.6. The largest absolute Gasteiger partial charge is 0.486 e. The fraction of sp³-hybridized carbons (Fsp3) is 0.231. The van der Waals surface area contributed by atoms with Crippen LogP contribution in [0.4, 0.5) is 5.69 Å². The number of benzene rings is 2. The number of rotatable bonds is 9. The minimum absolute atomic E-state index is 0.238. The van der Waals surface area contributed by atoms with Crippen LogP contribution in [0.15, 0.2) is 81.9 Å². The Balaban J connectivity index is 1.33. The Morgan fingerprint density at radius 1 is 1.18 bits per heavy atom. The summed E-state index contributed by atoms with van der Waals surface area (Å²) in [5.41, 5.74) is 3.01. The van der Waals surface area contributed by atoms with E-state index in [1.807, 2.05) is 47.3 Å². The molecule has 0 bridgehead atoms. The van der Waals surface area contributed by atoms with Crippen LogP contribution < -0.4 is 10.1 Å². The molecule has 1 atom stereocenters. The molecular formula is C26H26BrN3O3. The quantitative estimate of drug-likeness (QED) is 0.276. The highest BCUT2D eigenvalue weighted by Gasteiger charge is 2.13. The van der Waals surface area contributed by atoms with E-state index >= 15 is 0 Å². The first-order valence-corrected chi connectivity index (χ1v) is 11.7. The number of carbonyl (C=O) groups is 1. The molecule has 0 saturated carbocycles. The number of halogens is 1. The van der Waals surface area contributed by atoms with Crippen molar-refractivity contribution >= 4 is 27.5 Å². The maximum absolute atomic E-state index is 12.6. The topological polar surface area (TPSA) is 69.3 Å². The van der Waals surface area contributed by atoms with Gasteiger partial charge in [-0.05, 0) is 75.8 Å². The van der Waals surface area contributed by atoms with Crippen LogP contribution in [0.5, 0.6) is 5.75 Å². The van der Waals surface area contributed by atoms with E-state index in [2.05, 4.69) is 52.3 Å². The summed E-state index contributed by atoms with van der Waals surface area (Å²) in [5.74, 6) is 1.81. The molecule has 1 unspecified atom stereocenters. The average molecular weight is 508 g/mol. The third-order valence-corrected chi connectivity index (χ3v) is 5.87. The minimum atomic E-state index is -0.307. The van der Waals surface area contributed by atoms with Crippen molar-refractivity contribution in [1.29, 1.82) is 0 Å². The first-order chi connectivity index (χ1) is 16.0. The number of amides is 1. The number of carbonyl (C=O) groups excluding carboxylic acids is 1. The minimum Gasteiger partial charge on any atom is -0.486 e. The smallest absolute Gasteiger partial charge is 0.291 e. The molecule has 2 heterocycles. The molecule has 170 valence electrons. The first-order valence-electron chi connectivity index (χ1n) is 10.9. The molecule has 0 fully saturated rings. The highest BCUT2D eigenvalue weighted by atomic mass is 79.9. The zero-order chi connectivity index (χ0) is 23.2. The van der Waals surface area contributed by atoms with Gasteiger partial charge in [0.05, 0.1) is 17.2 Å². The summed E-state index contributed by atoms with van der Waals surface area (Å²) in [6.07, 6.45) is 4.74. The number of aromatic nitrogens is 2. The van der Waals surface area contributed by atoms with E-state index in [1.54, 1.807) is 18.3 Å². The molecule has 7 heteroatoms. The Bertz CT molecular complexity index is 1210. The number of furan rings is 1. The summed E-state index contributed by atoms with van der Waals surface area (Å²) in [6, 6.07) is 19.2. The Hall–Kier alpha value is -3.32. The molecule has 4 rings (SSSR count). The summed E-state index contributed by atoms with van der Waals surface area (Å²) in [6.45, 7) is 5.25. The summed E-state index contributed by atoms with van der Waals surface area (Å²) in [7, 11) is 0. The van der Waals surface area contributed by atoms with E-state index in [1.165, 1.54) is 5.56 Å². The van der Waals surface area contributed by atoms with Gasteiger partial charge in [0.2, 0.25) is 0 Å². The van der Waals surface area contributed by atoms with Gasteiger partial charge >= 0.3 is 0 Å². The van der Waals surface area contributed by atoms with Crippen LogP contribution in [-0.4, -0.2) is 15.7 Å². The van der Waals surface area contributed by atoms with Crippen molar-refractivity contribution in [3.05, 3.63) is 100 Å². The predicted molar refractivity (Wildman–Crippen MR) is 132 cm³/mol. The molecule has 0 aliphatic rings. The lowest BCUT2D eigenvalue weighted by Crippen LogP contribution is -2.11. The van der Waals surface area contributed by atoms with Crippen molar-refractivity contribution in [2.24, 2.45) is 0 Å². The fourth-order valence-corrected chi connectivity index (χ4v) is 3.74. The van der Waals surface area contributed by atoms with Crippen LogP contribution in [0.3, 0.4) is 0 Å². The molecule has 1 amide bonds. The highest BCUT2D eigenvalue weighted by Crippen LogP contribution is 2.22.